The second kappa shape index (κ2) is 6.01. The molecule has 2 atom stereocenters. The minimum Gasteiger partial charge on any atom is -0.393 e. The van der Waals surface area contributed by atoms with Crippen molar-refractivity contribution in [3.63, 3.8) is 0 Å². The van der Waals surface area contributed by atoms with Gasteiger partial charge in [0.25, 0.3) is 0 Å². The van der Waals surface area contributed by atoms with Gasteiger partial charge in [0, 0.05) is 24.8 Å². The molecule has 1 aromatic heterocycles. The van der Waals surface area contributed by atoms with Crippen LogP contribution < -0.4 is 5.32 Å². The molecule has 4 nitrogen and oxygen atoms in total. The maximum Gasteiger partial charge on any atom is 0.0762 e. The second-order valence-corrected chi connectivity index (χ2v) is 4.75. The van der Waals surface area contributed by atoms with E-state index in [2.05, 4.69) is 31.2 Å². The van der Waals surface area contributed by atoms with Crippen LogP contribution in [0.15, 0.2) is 12.3 Å². The summed E-state index contributed by atoms with van der Waals surface area (Å²) in [6.07, 6.45) is 2.52. The molecule has 1 aromatic rings. The predicted octanol–water partition coefficient (Wildman–Crippen LogP) is 1.71. The van der Waals surface area contributed by atoms with E-state index in [9.17, 15) is 5.11 Å². The molecule has 0 spiro atoms. The van der Waals surface area contributed by atoms with E-state index in [4.69, 9.17) is 0 Å². The van der Waals surface area contributed by atoms with Crippen molar-refractivity contribution in [2.75, 3.05) is 0 Å². The normalized spacial score (nSPS) is 15.4. The minimum atomic E-state index is -0.254. The molecule has 0 aliphatic heterocycles. The van der Waals surface area contributed by atoms with E-state index in [0.717, 1.165) is 18.7 Å². The number of aliphatic hydroxyl groups excluding tert-OH is 1. The lowest BCUT2D eigenvalue weighted by Gasteiger charge is -2.14. The van der Waals surface area contributed by atoms with Crippen LogP contribution in [0.4, 0.5) is 0 Å². The Hall–Kier alpha value is -0.870. The Kier molecular flexibility index (Phi) is 4.96. The summed E-state index contributed by atoms with van der Waals surface area (Å²) in [4.78, 5) is 0. The van der Waals surface area contributed by atoms with Gasteiger partial charge in [-0.25, -0.2) is 0 Å². The molecule has 0 fully saturated rings. The molecule has 16 heavy (non-hydrogen) atoms. The lowest BCUT2D eigenvalue weighted by molar-refractivity contribution is 0.170. The molecule has 0 aromatic carbocycles. The smallest absolute Gasteiger partial charge is 0.0762 e. The first-order chi connectivity index (χ1) is 7.49. The summed E-state index contributed by atoms with van der Waals surface area (Å²) in [5.41, 5.74) is 1.05. The summed E-state index contributed by atoms with van der Waals surface area (Å²) < 4.78 is 1.95. The molecule has 92 valence electrons. The zero-order chi connectivity index (χ0) is 12.1. The van der Waals surface area contributed by atoms with Crippen LogP contribution in [0, 0.1) is 0 Å². The third-order valence-electron chi connectivity index (χ3n) is 2.52. The van der Waals surface area contributed by atoms with Gasteiger partial charge in [0.2, 0.25) is 0 Å². The van der Waals surface area contributed by atoms with Gasteiger partial charge in [0.1, 0.15) is 0 Å². The average Bonchev–Trinajstić information content (AvgIpc) is 2.61. The van der Waals surface area contributed by atoms with Crippen molar-refractivity contribution < 1.29 is 5.11 Å². The highest BCUT2D eigenvalue weighted by molar-refractivity contribution is 4.99. The van der Waals surface area contributed by atoms with E-state index in [1.807, 2.05) is 23.9 Å². The molecule has 0 aliphatic rings. The van der Waals surface area contributed by atoms with Crippen LogP contribution in [0.1, 0.15) is 45.9 Å². The highest BCUT2D eigenvalue weighted by Crippen LogP contribution is 2.05. The van der Waals surface area contributed by atoms with Gasteiger partial charge in [-0.2, -0.15) is 5.10 Å². The van der Waals surface area contributed by atoms with Crippen LogP contribution in [-0.2, 0) is 6.54 Å². The molecule has 0 saturated carbocycles. The number of aliphatic hydroxyl groups is 1. The molecule has 0 amide bonds. The van der Waals surface area contributed by atoms with Crippen LogP contribution in [0.5, 0.6) is 0 Å². The van der Waals surface area contributed by atoms with Crippen LogP contribution >= 0.6 is 0 Å². The first-order valence-corrected chi connectivity index (χ1v) is 5.94. The van der Waals surface area contributed by atoms with Gasteiger partial charge in [-0.1, -0.05) is 0 Å². The van der Waals surface area contributed by atoms with Gasteiger partial charge in [-0.15, -0.1) is 0 Å². The van der Waals surface area contributed by atoms with E-state index in [0.29, 0.717) is 12.1 Å². The SMILES string of the molecule is CC(O)CC(C)NCc1ccn(C(C)C)n1. The first-order valence-electron chi connectivity index (χ1n) is 5.94. The fourth-order valence-electron chi connectivity index (χ4n) is 1.63. The molecule has 0 aliphatic carbocycles. The van der Waals surface area contributed by atoms with Crippen molar-refractivity contribution in [3.8, 4) is 0 Å². The molecule has 0 bridgehead atoms. The number of hydrogen-bond acceptors (Lipinski definition) is 3. The quantitative estimate of drug-likeness (QED) is 0.775. The monoisotopic (exact) mass is 225 g/mol. The summed E-state index contributed by atoms with van der Waals surface area (Å²) in [6, 6.07) is 2.75. The lowest BCUT2D eigenvalue weighted by atomic mass is 10.1. The Morgan fingerprint density at radius 1 is 1.38 bits per heavy atom. The number of nitrogens with one attached hydrogen (secondary N) is 1. The van der Waals surface area contributed by atoms with Gasteiger partial charge in [0.15, 0.2) is 0 Å². The number of aromatic nitrogens is 2. The zero-order valence-corrected chi connectivity index (χ0v) is 10.6. The number of rotatable bonds is 6. The molecule has 0 saturated heterocycles. The Labute approximate surface area is 97.7 Å². The van der Waals surface area contributed by atoms with Crippen molar-refractivity contribution in [3.05, 3.63) is 18.0 Å². The number of hydrogen-bond donors (Lipinski definition) is 2. The van der Waals surface area contributed by atoms with Crippen LogP contribution in [0.2, 0.25) is 0 Å². The van der Waals surface area contributed by atoms with E-state index in [-0.39, 0.29) is 6.10 Å². The minimum absolute atomic E-state index is 0.254. The van der Waals surface area contributed by atoms with E-state index >= 15 is 0 Å². The summed E-state index contributed by atoms with van der Waals surface area (Å²) in [5, 5.41) is 17.0. The molecular weight excluding hydrogens is 202 g/mol. The van der Waals surface area contributed by atoms with Gasteiger partial charge in [-0.05, 0) is 40.2 Å². The Morgan fingerprint density at radius 3 is 2.56 bits per heavy atom. The Balaban J connectivity index is 2.36. The fraction of sp³-hybridized carbons (Fsp3) is 0.750. The zero-order valence-electron chi connectivity index (χ0n) is 10.6. The summed E-state index contributed by atoms with van der Waals surface area (Å²) in [5.74, 6) is 0. The lowest BCUT2D eigenvalue weighted by Crippen LogP contribution is -2.28. The summed E-state index contributed by atoms with van der Waals surface area (Å²) >= 11 is 0. The molecule has 2 N–H and O–H groups in total. The van der Waals surface area contributed by atoms with Crippen molar-refractivity contribution in [1.29, 1.82) is 0 Å². The largest absolute Gasteiger partial charge is 0.393 e. The van der Waals surface area contributed by atoms with Crippen LogP contribution in [0.3, 0.4) is 0 Å². The van der Waals surface area contributed by atoms with Crippen molar-refractivity contribution >= 4 is 0 Å². The third kappa shape index (κ3) is 4.33. The maximum atomic E-state index is 9.24. The molecule has 0 radical (unpaired) electrons. The summed E-state index contributed by atoms with van der Waals surface area (Å²) in [6.45, 7) is 8.87. The first kappa shape index (κ1) is 13.2. The van der Waals surface area contributed by atoms with Crippen LogP contribution in [0.25, 0.3) is 0 Å². The van der Waals surface area contributed by atoms with E-state index in [1.54, 1.807) is 0 Å². The van der Waals surface area contributed by atoms with Gasteiger partial charge >= 0.3 is 0 Å². The topological polar surface area (TPSA) is 50.1 Å². The van der Waals surface area contributed by atoms with Crippen molar-refractivity contribution in [2.24, 2.45) is 0 Å². The van der Waals surface area contributed by atoms with E-state index < -0.39 is 0 Å². The molecule has 2 unspecified atom stereocenters. The molecular formula is C12H23N3O. The van der Waals surface area contributed by atoms with Crippen LogP contribution in [-0.4, -0.2) is 27.0 Å². The number of nitrogens with zero attached hydrogens (tertiary/aromatic N) is 2. The highest BCUT2D eigenvalue weighted by atomic mass is 16.3. The predicted molar refractivity (Wildman–Crippen MR) is 65.2 cm³/mol. The molecule has 1 heterocycles. The average molecular weight is 225 g/mol. The van der Waals surface area contributed by atoms with Gasteiger partial charge < -0.3 is 10.4 Å². The molecule has 1 rings (SSSR count). The van der Waals surface area contributed by atoms with Crippen molar-refractivity contribution in [1.82, 2.24) is 15.1 Å². The van der Waals surface area contributed by atoms with E-state index in [1.165, 1.54) is 0 Å². The van der Waals surface area contributed by atoms with Gasteiger partial charge in [-0.3, -0.25) is 4.68 Å². The second-order valence-electron chi connectivity index (χ2n) is 4.75. The third-order valence-corrected chi connectivity index (χ3v) is 2.52. The Morgan fingerprint density at radius 2 is 2.06 bits per heavy atom. The maximum absolute atomic E-state index is 9.24. The molecule has 4 heteroatoms. The van der Waals surface area contributed by atoms with Crippen molar-refractivity contribution in [2.45, 2.75) is 58.8 Å². The summed E-state index contributed by atoms with van der Waals surface area (Å²) in [7, 11) is 0. The highest BCUT2D eigenvalue weighted by Gasteiger charge is 2.07. The fourth-order valence-corrected chi connectivity index (χ4v) is 1.63. The van der Waals surface area contributed by atoms with Gasteiger partial charge in [0.05, 0.1) is 11.8 Å². The Bertz CT molecular complexity index is 307. The standard InChI is InChI=1S/C12H23N3O/c1-9(2)15-6-5-12(14-15)8-13-10(3)7-11(4)16/h5-6,9-11,13,16H,7-8H2,1-4H3.